The number of ether oxygens (including phenoxy) is 3. The van der Waals surface area contributed by atoms with E-state index in [-0.39, 0.29) is 5.91 Å². The first-order valence-corrected chi connectivity index (χ1v) is 9.18. The Labute approximate surface area is 159 Å². The third kappa shape index (κ3) is 4.64. The molecule has 1 aliphatic heterocycles. The van der Waals surface area contributed by atoms with Crippen molar-refractivity contribution in [2.45, 2.75) is 25.2 Å². The summed E-state index contributed by atoms with van der Waals surface area (Å²) in [4.78, 5) is 17.5. The number of aryl methyl sites for hydroxylation is 1. The summed E-state index contributed by atoms with van der Waals surface area (Å²) in [5, 5.41) is 3.02. The fourth-order valence-electron chi connectivity index (χ4n) is 3.26. The van der Waals surface area contributed by atoms with Crippen LogP contribution in [-0.2, 0) is 19.7 Å². The minimum Gasteiger partial charge on any atom is -0.475 e. The summed E-state index contributed by atoms with van der Waals surface area (Å²) < 4.78 is 15.9. The fraction of sp³-hybridized carbons (Fsp3) is 0.429. The van der Waals surface area contributed by atoms with Gasteiger partial charge in [-0.2, -0.15) is 0 Å². The highest BCUT2D eigenvalue weighted by atomic mass is 16.5. The van der Waals surface area contributed by atoms with Gasteiger partial charge in [0, 0.05) is 26.4 Å². The van der Waals surface area contributed by atoms with Gasteiger partial charge in [0.25, 0.3) is 0 Å². The van der Waals surface area contributed by atoms with E-state index in [0.717, 1.165) is 5.56 Å². The maximum absolute atomic E-state index is 13.2. The van der Waals surface area contributed by atoms with E-state index in [1.54, 1.807) is 25.4 Å². The molecule has 6 nitrogen and oxygen atoms in total. The van der Waals surface area contributed by atoms with Crippen molar-refractivity contribution in [2.24, 2.45) is 0 Å². The fourth-order valence-corrected chi connectivity index (χ4v) is 3.26. The molecule has 0 unspecified atom stereocenters. The minimum absolute atomic E-state index is 0.0236. The lowest BCUT2D eigenvalue weighted by Crippen LogP contribution is -2.44. The number of aromatic nitrogens is 1. The average molecular weight is 370 g/mol. The average Bonchev–Trinajstić information content (AvgIpc) is 2.70. The lowest BCUT2D eigenvalue weighted by atomic mass is 9.73. The molecule has 1 aromatic carbocycles. The van der Waals surface area contributed by atoms with Crippen LogP contribution in [0.2, 0.25) is 0 Å². The number of nitrogens with zero attached hydrogens (tertiary/aromatic N) is 1. The molecule has 0 aliphatic carbocycles. The van der Waals surface area contributed by atoms with Gasteiger partial charge in [0.15, 0.2) is 0 Å². The third-order valence-electron chi connectivity index (χ3n) is 4.92. The van der Waals surface area contributed by atoms with E-state index in [1.807, 2.05) is 31.2 Å². The summed E-state index contributed by atoms with van der Waals surface area (Å²) in [5.74, 6) is 0.480. The van der Waals surface area contributed by atoms with Crippen LogP contribution >= 0.6 is 0 Å². The summed E-state index contributed by atoms with van der Waals surface area (Å²) in [6, 6.07) is 11.7. The van der Waals surface area contributed by atoms with Gasteiger partial charge in [0.1, 0.15) is 6.61 Å². The molecule has 6 heteroatoms. The maximum Gasteiger partial charge on any atom is 0.235 e. The Bertz CT molecular complexity index is 738. The molecule has 1 amide bonds. The van der Waals surface area contributed by atoms with Crippen LogP contribution in [0.3, 0.4) is 0 Å². The van der Waals surface area contributed by atoms with Gasteiger partial charge >= 0.3 is 0 Å². The van der Waals surface area contributed by atoms with E-state index in [0.29, 0.717) is 50.8 Å². The second-order valence-corrected chi connectivity index (χ2v) is 6.74. The molecular formula is C21H26N2O4. The molecule has 2 heterocycles. The summed E-state index contributed by atoms with van der Waals surface area (Å²) in [7, 11) is 1.62. The Hall–Kier alpha value is -2.44. The predicted octanol–water partition coefficient (Wildman–Crippen LogP) is 3.10. The van der Waals surface area contributed by atoms with Crippen molar-refractivity contribution in [2.75, 3.05) is 38.9 Å². The quantitative estimate of drug-likeness (QED) is 0.759. The molecule has 0 spiro atoms. The molecule has 1 saturated heterocycles. The molecular weight excluding hydrogens is 344 g/mol. The lowest BCUT2D eigenvalue weighted by Gasteiger charge is -2.36. The van der Waals surface area contributed by atoms with Crippen LogP contribution in [0, 0.1) is 6.92 Å². The maximum atomic E-state index is 13.2. The Morgan fingerprint density at radius 2 is 1.89 bits per heavy atom. The van der Waals surface area contributed by atoms with Gasteiger partial charge in [0.2, 0.25) is 11.8 Å². The number of hydrogen-bond acceptors (Lipinski definition) is 5. The van der Waals surface area contributed by atoms with Crippen LogP contribution < -0.4 is 10.1 Å². The Morgan fingerprint density at radius 3 is 2.52 bits per heavy atom. The molecule has 2 aromatic rings. The first kappa shape index (κ1) is 19.3. The van der Waals surface area contributed by atoms with Crippen molar-refractivity contribution in [3.63, 3.8) is 0 Å². The molecule has 0 atom stereocenters. The number of amides is 1. The molecule has 27 heavy (non-hydrogen) atoms. The molecule has 3 rings (SSSR count). The number of rotatable bonds is 7. The van der Waals surface area contributed by atoms with Crippen molar-refractivity contribution < 1.29 is 19.0 Å². The van der Waals surface area contributed by atoms with Crippen LogP contribution in [-0.4, -0.2) is 44.4 Å². The molecule has 0 saturated carbocycles. The summed E-state index contributed by atoms with van der Waals surface area (Å²) >= 11 is 0. The van der Waals surface area contributed by atoms with Gasteiger partial charge in [0.05, 0.1) is 23.9 Å². The topological polar surface area (TPSA) is 69.7 Å². The van der Waals surface area contributed by atoms with Crippen LogP contribution in [0.5, 0.6) is 5.88 Å². The molecule has 0 bridgehead atoms. The van der Waals surface area contributed by atoms with E-state index in [9.17, 15) is 4.79 Å². The summed E-state index contributed by atoms with van der Waals surface area (Å²) in [6.07, 6.45) is 2.93. The second kappa shape index (κ2) is 8.97. The van der Waals surface area contributed by atoms with E-state index >= 15 is 0 Å². The molecule has 1 fully saturated rings. The number of methoxy groups -OCH3 is 1. The number of nitrogens with one attached hydrogen (secondary N) is 1. The van der Waals surface area contributed by atoms with E-state index in [1.165, 1.54) is 5.56 Å². The SMILES string of the molecule is COCCOc1ccc(NC(=O)C2(c3ccc(C)cc3)CCOCC2)cn1. The van der Waals surface area contributed by atoms with Crippen LogP contribution in [0.1, 0.15) is 24.0 Å². The number of hydrogen-bond donors (Lipinski definition) is 1. The lowest BCUT2D eigenvalue weighted by molar-refractivity contribution is -0.125. The Balaban J connectivity index is 1.74. The standard InChI is InChI=1S/C21H26N2O4/c1-16-3-5-17(6-4-16)21(9-11-26-12-10-21)20(24)23-18-7-8-19(22-15-18)27-14-13-25-2/h3-8,15H,9-14H2,1-2H3,(H,23,24). The van der Waals surface area contributed by atoms with Gasteiger partial charge in [-0.1, -0.05) is 29.8 Å². The number of pyridine rings is 1. The van der Waals surface area contributed by atoms with Crippen LogP contribution in [0.4, 0.5) is 5.69 Å². The molecule has 1 aliphatic rings. The van der Waals surface area contributed by atoms with Crippen molar-refractivity contribution in [1.29, 1.82) is 0 Å². The van der Waals surface area contributed by atoms with Crippen molar-refractivity contribution in [1.82, 2.24) is 4.98 Å². The highest BCUT2D eigenvalue weighted by Crippen LogP contribution is 2.36. The normalized spacial score (nSPS) is 15.9. The zero-order valence-corrected chi connectivity index (χ0v) is 15.9. The smallest absolute Gasteiger partial charge is 0.235 e. The zero-order valence-electron chi connectivity index (χ0n) is 15.9. The molecule has 144 valence electrons. The van der Waals surface area contributed by atoms with Crippen LogP contribution in [0.15, 0.2) is 42.6 Å². The van der Waals surface area contributed by atoms with Gasteiger partial charge < -0.3 is 19.5 Å². The van der Waals surface area contributed by atoms with Crippen molar-refractivity contribution in [3.05, 3.63) is 53.7 Å². The highest BCUT2D eigenvalue weighted by Gasteiger charge is 2.41. The third-order valence-corrected chi connectivity index (χ3v) is 4.92. The number of anilines is 1. The van der Waals surface area contributed by atoms with Gasteiger partial charge in [-0.05, 0) is 31.4 Å². The second-order valence-electron chi connectivity index (χ2n) is 6.74. The Morgan fingerprint density at radius 1 is 1.15 bits per heavy atom. The largest absolute Gasteiger partial charge is 0.475 e. The van der Waals surface area contributed by atoms with E-state index in [4.69, 9.17) is 14.2 Å². The number of benzene rings is 1. The molecule has 1 aromatic heterocycles. The van der Waals surface area contributed by atoms with E-state index < -0.39 is 5.41 Å². The predicted molar refractivity (Wildman–Crippen MR) is 103 cm³/mol. The van der Waals surface area contributed by atoms with Gasteiger partial charge in [-0.25, -0.2) is 4.98 Å². The summed E-state index contributed by atoms with van der Waals surface area (Å²) in [6.45, 7) is 4.13. The van der Waals surface area contributed by atoms with Crippen molar-refractivity contribution >= 4 is 11.6 Å². The monoisotopic (exact) mass is 370 g/mol. The summed E-state index contributed by atoms with van der Waals surface area (Å²) in [5.41, 5.74) is 2.27. The number of carbonyl (C=O) groups is 1. The number of carbonyl (C=O) groups excluding carboxylic acids is 1. The van der Waals surface area contributed by atoms with Gasteiger partial charge in [-0.15, -0.1) is 0 Å². The molecule has 1 N–H and O–H groups in total. The highest BCUT2D eigenvalue weighted by molar-refractivity contribution is 5.99. The zero-order chi connectivity index (χ0) is 19.1. The minimum atomic E-state index is -0.584. The van der Waals surface area contributed by atoms with Gasteiger partial charge in [-0.3, -0.25) is 4.79 Å². The van der Waals surface area contributed by atoms with E-state index in [2.05, 4.69) is 10.3 Å². The first-order valence-electron chi connectivity index (χ1n) is 9.18. The first-order chi connectivity index (χ1) is 13.1. The van der Waals surface area contributed by atoms with Crippen LogP contribution in [0.25, 0.3) is 0 Å². The molecule has 0 radical (unpaired) electrons. The van der Waals surface area contributed by atoms with Crippen molar-refractivity contribution in [3.8, 4) is 5.88 Å². The Kier molecular flexibility index (Phi) is 6.42.